The number of halogens is 3. The van der Waals surface area contributed by atoms with E-state index < -0.39 is 11.9 Å². The summed E-state index contributed by atoms with van der Waals surface area (Å²) in [6, 6.07) is 3.05. The first-order valence-corrected chi connectivity index (χ1v) is 2.96. The summed E-state index contributed by atoms with van der Waals surface area (Å²) in [6.07, 6.45) is -3.23. The topological polar surface area (TPSA) is 30.0 Å². The minimum Gasteiger partial charge on any atom is -0.283 e. The summed E-state index contributed by atoms with van der Waals surface area (Å²) in [4.78, 5) is 12.9. The highest BCUT2D eigenvalue weighted by Crippen LogP contribution is 2.26. The van der Waals surface area contributed by atoms with Crippen LogP contribution in [0.25, 0.3) is 0 Å². The fraction of sp³-hybridized carbons (Fsp3) is 0.143. The van der Waals surface area contributed by atoms with Crippen molar-refractivity contribution in [2.45, 2.75) is 6.18 Å². The van der Waals surface area contributed by atoms with Gasteiger partial charge in [-0.3, -0.25) is 4.79 Å². The van der Waals surface area contributed by atoms with Gasteiger partial charge in [0.15, 0.2) is 0 Å². The molecule has 1 rings (SSSR count). The molecule has 1 heterocycles. The van der Waals surface area contributed by atoms with Gasteiger partial charge >= 0.3 is 6.18 Å². The van der Waals surface area contributed by atoms with E-state index in [1.165, 1.54) is 6.29 Å². The van der Waals surface area contributed by atoms with Crippen molar-refractivity contribution in [1.29, 1.82) is 0 Å². The van der Waals surface area contributed by atoms with E-state index in [-0.39, 0.29) is 5.69 Å². The van der Waals surface area contributed by atoms with Crippen LogP contribution < -0.4 is 0 Å². The van der Waals surface area contributed by atoms with Crippen molar-refractivity contribution in [2.24, 2.45) is 0 Å². The van der Waals surface area contributed by atoms with Crippen LogP contribution in [-0.4, -0.2) is 11.3 Å². The van der Waals surface area contributed by atoms with Gasteiger partial charge in [-0.25, -0.2) is 4.98 Å². The molecule has 0 N–H and O–H groups in total. The van der Waals surface area contributed by atoms with E-state index in [2.05, 4.69) is 4.98 Å². The van der Waals surface area contributed by atoms with Crippen molar-refractivity contribution in [3.8, 4) is 0 Å². The molecule has 1 radical (unpaired) electrons. The fourth-order valence-corrected chi connectivity index (χ4v) is 0.649. The Hall–Kier alpha value is -1.39. The third-order valence-electron chi connectivity index (χ3n) is 1.14. The fourth-order valence-electron chi connectivity index (χ4n) is 0.649. The largest absolute Gasteiger partial charge is 0.433 e. The normalized spacial score (nSPS) is 11.2. The minimum atomic E-state index is -4.51. The molecule has 0 fully saturated rings. The molecule has 0 aliphatic carbocycles. The number of aromatic nitrogens is 1. The monoisotopic (exact) mass is 174 g/mol. The number of rotatable bonds is 1. The quantitative estimate of drug-likeness (QED) is 0.646. The second kappa shape index (κ2) is 2.92. The maximum absolute atomic E-state index is 11.9. The molecule has 5 heteroatoms. The molecule has 0 saturated carbocycles. The predicted octanol–water partition coefficient (Wildman–Crippen LogP) is 1.56. The van der Waals surface area contributed by atoms with Crippen LogP contribution in [0.2, 0.25) is 0 Å². The molecule has 0 aromatic carbocycles. The number of hydrogen-bond acceptors (Lipinski definition) is 2. The summed E-state index contributed by atoms with van der Waals surface area (Å²) >= 11 is 0. The Morgan fingerprint density at radius 3 is 2.50 bits per heavy atom. The number of pyridine rings is 1. The van der Waals surface area contributed by atoms with Crippen molar-refractivity contribution < 1.29 is 18.0 Å². The van der Waals surface area contributed by atoms with Gasteiger partial charge in [0, 0.05) is 0 Å². The van der Waals surface area contributed by atoms with Gasteiger partial charge in [0.1, 0.15) is 11.4 Å². The van der Waals surface area contributed by atoms with Crippen LogP contribution in [0.1, 0.15) is 11.4 Å². The number of carbonyl (C=O) groups excluding carboxylic acids is 1. The molecule has 0 amide bonds. The van der Waals surface area contributed by atoms with E-state index in [0.29, 0.717) is 0 Å². The Balaban J connectivity index is 3.10. The van der Waals surface area contributed by atoms with E-state index >= 15 is 0 Å². The van der Waals surface area contributed by atoms with Crippen LogP contribution in [-0.2, 0) is 11.0 Å². The lowest BCUT2D eigenvalue weighted by Crippen LogP contribution is -2.08. The van der Waals surface area contributed by atoms with Gasteiger partial charge in [0.05, 0.1) is 0 Å². The molecule has 1 aromatic rings. The van der Waals surface area contributed by atoms with E-state index in [4.69, 9.17) is 0 Å². The summed E-state index contributed by atoms with van der Waals surface area (Å²) in [5.41, 5.74) is -1.42. The molecular formula is C7H3F3NO. The first-order chi connectivity index (χ1) is 5.54. The van der Waals surface area contributed by atoms with Crippen molar-refractivity contribution in [3.05, 3.63) is 29.6 Å². The van der Waals surface area contributed by atoms with Gasteiger partial charge in [0.2, 0.25) is 0 Å². The highest BCUT2D eigenvalue weighted by molar-refractivity contribution is 5.72. The molecule has 0 spiro atoms. The Morgan fingerprint density at radius 1 is 1.33 bits per heavy atom. The molecule has 0 aliphatic rings. The molecule has 2 nitrogen and oxygen atoms in total. The Kier molecular flexibility index (Phi) is 2.12. The molecule has 0 aliphatic heterocycles. The van der Waals surface area contributed by atoms with E-state index in [9.17, 15) is 18.0 Å². The van der Waals surface area contributed by atoms with Gasteiger partial charge in [-0.15, -0.1) is 0 Å². The molecule has 0 bridgehead atoms. The average Bonchev–Trinajstić information content (AvgIpc) is 2.03. The smallest absolute Gasteiger partial charge is 0.283 e. The molecule has 0 unspecified atom stereocenters. The molecule has 0 saturated heterocycles. The Morgan fingerprint density at radius 2 is 2.00 bits per heavy atom. The maximum atomic E-state index is 11.9. The van der Waals surface area contributed by atoms with Crippen LogP contribution in [0, 0.1) is 0 Å². The lowest BCUT2D eigenvalue weighted by atomic mass is 10.3. The third-order valence-corrected chi connectivity index (χ3v) is 1.14. The zero-order valence-electron chi connectivity index (χ0n) is 5.72. The number of hydrogen-bond donors (Lipinski definition) is 0. The molecule has 0 atom stereocenters. The van der Waals surface area contributed by atoms with Crippen LogP contribution in [0.3, 0.4) is 0 Å². The molecule has 63 valence electrons. The first-order valence-electron chi connectivity index (χ1n) is 2.96. The van der Waals surface area contributed by atoms with Crippen LogP contribution in [0.5, 0.6) is 0 Å². The highest BCUT2D eigenvalue weighted by Gasteiger charge is 2.32. The molecule has 1 aromatic heterocycles. The summed E-state index contributed by atoms with van der Waals surface area (Å²) < 4.78 is 35.7. The molecular weight excluding hydrogens is 171 g/mol. The standard InChI is InChI=1S/C7H3F3NO/c8-7(9,10)6-3-1-2-5(4-12)11-6/h1-3H. The highest BCUT2D eigenvalue weighted by atomic mass is 19.4. The van der Waals surface area contributed by atoms with Gasteiger partial charge in [-0.2, -0.15) is 13.2 Å². The number of nitrogens with zero attached hydrogens (tertiary/aromatic N) is 1. The lowest BCUT2D eigenvalue weighted by molar-refractivity contribution is -0.141. The number of alkyl halides is 3. The summed E-state index contributed by atoms with van der Waals surface area (Å²) in [7, 11) is 0. The zero-order chi connectivity index (χ0) is 9.19. The van der Waals surface area contributed by atoms with Gasteiger partial charge in [-0.1, -0.05) is 6.07 Å². The Labute approximate surface area is 66.0 Å². The zero-order valence-corrected chi connectivity index (χ0v) is 5.72. The summed E-state index contributed by atoms with van der Waals surface area (Å²) in [5.74, 6) is 0. The maximum Gasteiger partial charge on any atom is 0.433 e. The average molecular weight is 174 g/mol. The van der Waals surface area contributed by atoms with Crippen LogP contribution >= 0.6 is 0 Å². The van der Waals surface area contributed by atoms with E-state index in [1.54, 1.807) is 0 Å². The van der Waals surface area contributed by atoms with Crippen LogP contribution in [0.15, 0.2) is 18.2 Å². The lowest BCUT2D eigenvalue weighted by Gasteiger charge is -2.03. The summed E-state index contributed by atoms with van der Waals surface area (Å²) in [5, 5.41) is 0. The van der Waals surface area contributed by atoms with Crippen molar-refractivity contribution >= 4 is 6.29 Å². The SMILES string of the molecule is O=[C]c1cccc(C(F)(F)F)n1. The van der Waals surface area contributed by atoms with Gasteiger partial charge in [0.25, 0.3) is 6.29 Å². The van der Waals surface area contributed by atoms with Gasteiger partial charge < -0.3 is 0 Å². The molecule has 12 heavy (non-hydrogen) atoms. The second-order valence-electron chi connectivity index (χ2n) is 2.01. The van der Waals surface area contributed by atoms with Crippen molar-refractivity contribution in [3.63, 3.8) is 0 Å². The van der Waals surface area contributed by atoms with Crippen molar-refractivity contribution in [2.75, 3.05) is 0 Å². The van der Waals surface area contributed by atoms with Crippen molar-refractivity contribution in [1.82, 2.24) is 4.98 Å². The minimum absolute atomic E-state index is 0.343. The Bertz CT molecular complexity index is 295. The van der Waals surface area contributed by atoms with E-state index in [0.717, 1.165) is 18.2 Å². The van der Waals surface area contributed by atoms with Crippen LogP contribution in [0.4, 0.5) is 13.2 Å². The predicted molar refractivity (Wildman–Crippen MR) is 34.0 cm³/mol. The summed E-state index contributed by atoms with van der Waals surface area (Å²) in [6.45, 7) is 0. The second-order valence-corrected chi connectivity index (χ2v) is 2.01. The van der Waals surface area contributed by atoms with E-state index in [1.807, 2.05) is 0 Å². The third kappa shape index (κ3) is 1.81. The first kappa shape index (κ1) is 8.70. The van der Waals surface area contributed by atoms with Gasteiger partial charge in [-0.05, 0) is 12.1 Å².